The zero-order chi connectivity index (χ0) is 15.9. The molecule has 0 radical (unpaired) electrons. The quantitative estimate of drug-likeness (QED) is 0.798. The van der Waals surface area contributed by atoms with E-state index in [2.05, 4.69) is 0 Å². The molecular weight excluding hydrogens is 284 g/mol. The van der Waals surface area contributed by atoms with E-state index >= 15 is 0 Å². The highest BCUT2D eigenvalue weighted by Crippen LogP contribution is 2.19. The first-order valence-electron chi connectivity index (χ1n) is 6.77. The third kappa shape index (κ3) is 3.93. The van der Waals surface area contributed by atoms with Crippen LogP contribution in [0.25, 0.3) is 0 Å². The molecule has 0 aliphatic rings. The van der Waals surface area contributed by atoms with Crippen molar-refractivity contribution >= 4 is 11.9 Å². The van der Waals surface area contributed by atoms with Gasteiger partial charge in [0.1, 0.15) is 12.5 Å². The number of ether oxygens (including phenoxy) is 1. The van der Waals surface area contributed by atoms with Crippen molar-refractivity contribution in [1.29, 1.82) is 0 Å². The zero-order valence-electron chi connectivity index (χ0n) is 11.8. The smallest absolute Gasteiger partial charge is 0.339 e. The number of aliphatic hydroxyl groups excluding tert-OH is 1. The second-order valence-electron chi connectivity index (χ2n) is 4.74. The van der Waals surface area contributed by atoms with Gasteiger partial charge in [-0.05, 0) is 11.1 Å². The van der Waals surface area contributed by atoms with Gasteiger partial charge >= 0.3 is 11.9 Å². The Morgan fingerprint density at radius 1 is 0.909 bits per heavy atom. The van der Waals surface area contributed by atoms with Crippen molar-refractivity contribution in [2.24, 2.45) is 0 Å². The summed E-state index contributed by atoms with van der Waals surface area (Å²) < 4.78 is 4.97. The first-order valence-corrected chi connectivity index (χ1v) is 6.77. The highest BCUT2D eigenvalue weighted by Gasteiger charge is 2.24. The number of aliphatic carboxylic acids is 1. The molecular formula is C17H16O5. The molecule has 2 atom stereocenters. The van der Waals surface area contributed by atoms with Crippen molar-refractivity contribution in [3.8, 4) is 0 Å². The van der Waals surface area contributed by atoms with Crippen LogP contribution in [0.5, 0.6) is 0 Å². The topological polar surface area (TPSA) is 83.8 Å². The first-order chi connectivity index (χ1) is 10.6. The standard InChI is InChI=1S/C17H16O5/c18-15(13-9-5-2-6-10-13)17(21)22-11-14(16(19)20)12-7-3-1-4-8-12/h1-10,14-15,18H,11H2,(H,19,20)/t14-,15-/m1/s1. The number of hydrogen-bond donors (Lipinski definition) is 2. The predicted molar refractivity (Wildman–Crippen MR) is 79.2 cm³/mol. The first kappa shape index (κ1) is 15.7. The SMILES string of the molecule is O=C(OC[C@@H](C(=O)O)c1ccccc1)[C@H](O)c1ccccc1. The largest absolute Gasteiger partial charge is 0.481 e. The molecule has 2 aromatic carbocycles. The maximum atomic E-state index is 11.8. The fourth-order valence-corrected chi connectivity index (χ4v) is 2.01. The lowest BCUT2D eigenvalue weighted by molar-refractivity contribution is -0.156. The molecule has 5 heteroatoms. The Morgan fingerprint density at radius 2 is 1.41 bits per heavy atom. The van der Waals surface area contributed by atoms with Gasteiger partial charge in [0.2, 0.25) is 0 Å². The number of esters is 1. The summed E-state index contributed by atoms with van der Waals surface area (Å²) in [6, 6.07) is 16.8. The van der Waals surface area contributed by atoms with Crippen LogP contribution in [0, 0.1) is 0 Å². The fraction of sp³-hybridized carbons (Fsp3) is 0.176. The Balaban J connectivity index is 2.01. The molecule has 2 N–H and O–H groups in total. The van der Waals surface area contributed by atoms with Crippen LogP contribution in [0.15, 0.2) is 60.7 Å². The monoisotopic (exact) mass is 300 g/mol. The summed E-state index contributed by atoms with van der Waals surface area (Å²) in [4.78, 5) is 23.1. The number of carbonyl (C=O) groups is 2. The van der Waals surface area contributed by atoms with Gasteiger partial charge in [0, 0.05) is 0 Å². The van der Waals surface area contributed by atoms with Gasteiger partial charge in [-0.15, -0.1) is 0 Å². The average molecular weight is 300 g/mol. The van der Waals surface area contributed by atoms with Gasteiger partial charge < -0.3 is 14.9 Å². The molecule has 0 saturated carbocycles. The van der Waals surface area contributed by atoms with E-state index in [1.54, 1.807) is 60.7 Å². The molecule has 0 fully saturated rings. The van der Waals surface area contributed by atoms with Crippen molar-refractivity contribution in [1.82, 2.24) is 0 Å². The van der Waals surface area contributed by atoms with Gasteiger partial charge in [-0.1, -0.05) is 60.7 Å². The van der Waals surface area contributed by atoms with Crippen molar-refractivity contribution in [2.45, 2.75) is 12.0 Å². The Labute approximate surface area is 127 Å². The van der Waals surface area contributed by atoms with Crippen LogP contribution >= 0.6 is 0 Å². The van der Waals surface area contributed by atoms with Crippen molar-refractivity contribution in [3.63, 3.8) is 0 Å². The lowest BCUT2D eigenvalue weighted by atomic mass is 10.0. The minimum atomic E-state index is -1.42. The van der Waals surface area contributed by atoms with Gasteiger partial charge in [0.25, 0.3) is 0 Å². The third-order valence-electron chi connectivity index (χ3n) is 3.23. The van der Waals surface area contributed by atoms with Gasteiger partial charge in [-0.3, -0.25) is 4.79 Å². The molecule has 2 rings (SSSR count). The number of aliphatic hydroxyl groups is 1. The molecule has 0 amide bonds. The van der Waals surface area contributed by atoms with E-state index in [0.29, 0.717) is 11.1 Å². The number of carboxylic acid groups (broad SMARTS) is 1. The highest BCUT2D eigenvalue weighted by molar-refractivity contribution is 5.79. The summed E-state index contributed by atoms with van der Waals surface area (Å²) in [6.45, 7) is -0.331. The maximum absolute atomic E-state index is 11.8. The second-order valence-corrected chi connectivity index (χ2v) is 4.74. The predicted octanol–water partition coefficient (Wildman–Crippen LogP) is 2.13. The molecule has 0 aromatic heterocycles. The maximum Gasteiger partial charge on any atom is 0.339 e. The molecule has 0 bridgehead atoms. The number of hydrogen-bond acceptors (Lipinski definition) is 4. The Morgan fingerprint density at radius 3 is 1.91 bits per heavy atom. The zero-order valence-corrected chi connectivity index (χ0v) is 11.8. The van der Waals surface area contributed by atoms with Crippen molar-refractivity contribution < 1.29 is 24.5 Å². The van der Waals surface area contributed by atoms with Crippen molar-refractivity contribution in [2.75, 3.05) is 6.61 Å². The van der Waals surface area contributed by atoms with Crippen LogP contribution in [0.1, 0.15) is 23.1 Å². The van der Waals surface area contributed by atoms with Crippen LogP contribution < -0.4 is 0 Å². The van der Waals surface area contributed by atoms with E-state index < -0.39 is 24.0 Å². The number of rotatable bonds is 6. The molecule has 0 aliphatic heterocycles. The fourth-order valence-electron chi connectivity index (χ4n) is 2.01. The van der Waals surface area contributed by atoms with Gasteiger partial charge in [-0.2, -0.15) is 0 Å². The molecule has 0 spiro atoms. The van der Waals surface area contributed by atoms with Crippen LogP contribution in [0.4, 0.5) is 0 Å². The molecule has 0 saturated heterocycles. The number of benzene rings is 2. The summed E-state index contributed by atoms with van der Waals surface area (Å²) in [7, 11) is 0. The summed E-state index contributed by atoms with van der Waals surface area (Å²) in [5.41, 5.74) is 0.941. The van der Waals surface area contributed by atoms with Crippen LogP contribution in [-0.2, 0) is 14.3 Å². The molecule has 5 nitrogen and oxygen atoms in total. The van der Waals surface area contributed by atoms with E-state index in [4.69, 9.17) is 4.74 Å². The minimum Gasteiger partial charge on any atom is -0.481 e. The average Bonchev–Trinajstić information content (AvgIpc) is 2.55. The third-order valence-corrected chi connectivity index (χ3v) is 3.23. The van der Waals surface area contributed by atoms with Crippen LogP contribution in [0.2, 0.25) is 0 Å². The normalized spacial score (nSPS) is 13.1. The minimum absolute atomic E-state index is 0.331. The van der Waals surface area contributed by atoms with Crippen LogP contribution in [0.3, 0.4) is 0 Å². The highest BCUT2D eigenvalue weighted by atomic mass is 16.5. The summed E-state index contributed by atoms with van der Waals surface area (Å²) in [5, 5.41) is 19.1. The lowest BCUT2D eigenvalue weighted by Gasteiger charge is -2.15. The van der Waals surface area contributed by atoms with Crippen molar-refractivity contribution in [3.05, 3.63) is 71.8 Å². The Bertz CT molecular complexity index is 624. The molecule has 114 valence electrons. The summed E-state index contributed by atoms with van der Waals surface area (Å²) >= 11 is 0. The Hall–Kier alpha value is -2.66. The molecule has 22 heavy (non-hydrogen) atoms. The van der Waals surface area contributed by atoms with E-state index in [9.17, 15) is 19.8 Å². The van der Waals surface area contributed by atoms with E-state index in [1.807, 2.05) is 0 Å². The number of carboxylic acids is 1. The molecule has 0 aliphatic carbocycles. The van der Waals surface area contributed by atoms with E-state index in [0.717, 1.165) is 0 Å². The molecule has 2 aromatic rings. The summed E-state index contributed by atoms with van der Waals surface area (Å²) in [5.74, 6) is -2.92. The molecule has 0 unspecified atom stereocenters. The van der Waals surface area contributed by atoms with Gasteiger partial charge in [0.05, 0.1) is 0 Å². The Kier molecular flexibility index (Phi) is 5.27. The van der Waals surface area contributed by atoms with E-state index in [1.165, 1.54) is 0 Å². The number of carbonyl (C=O) groups excluding carboxylic acids is 1. The summed E-state index contributed by atoms with van der Waals surface area (Å²) in [6.07, 6.45) is -1.42. The van der Waals surface area contributed by atoms with Gasteiger partial charge in [-0.25, -0.2) is 4.79 Å². The van der Waals surface area contributed by atoms with Crippen LogP contribution in [-0.4, -0.2) is 28.8 Å². The lowest BCUT2D eigenvalue weighted by Crippen LogP contribution is -2.23. The molecule has 0 heterocycles. The second kappa shape index (κ2) is 7.38. The van der Waals surface area contributed by atoms with Gasteiger partial charge in [0.15, 0.2) is 6.10 Å². The van der Waals surface area contributed by atoms with E-state index in [-0.39, 0.29) is 6.61 Å².